The first-order valence-electron chi connectivity index (χ1n) is 9.51. The zero-order chi connectivity index (χ0) is 18.9. The molecule has 5 rings (SSSR count). The molecule has 0 radical (unpaired) electrons. The van der Waals surface area contributed by atoms with E-state index in [4.69, 9.17) is 9.15 Å². The van der Waals surface area contributed by atoms with E-state index in [-0.39, 0.29) is 11.8 Å². The van der Waals surface area contributed by atoms with Gasteiger partial charge in [-0.05, 0) is 36.1 Å². The quantitative estimate of drug-likeness (QED) is 0.699. The summed E-state index contributed by atoms with van der Waals surface area (Å²) >= 11 is 0. The molecule has 2 atom stereocenters. The number of nitrogens with zero attached hydrogens (tertiary/aromatic N) is 4. The van der Waals surface area contributed by atoms with Crippen LogP contribution in [0.4, 0.5) is 0 Å². The van der Waals surface area contributed by atoms with Crippen molar-refractivity contribution in [2.45, 2.75) is 24.9 Å². The first kappa shape index (κ1) is 17.1. The van der Waals surface area contributed by atoms with E-state index >= 15 is 0 Å². The number of likely N-dealkylation sites (tertiary alicyclic amines) is 1. The summed E-state index contributed by atoms with van der Waals surface area (Å²) in [6.07, 6.45) is 4.53. The molecule has 3 aromatic rings. The van der Waals surface area contributed by atoms with Crippen molar-refractivity contribution in [2.24, 2.45) is 0 Å². The monoisotopic (exact) mass is 376 g/mol. The van der Waals surface area contributed by atoms with Crippen molar-refractivity contribution < 1.29 is 13.9 Å². The third kappa shape index (κ3) is 3.07. The van der Waals surface area contributed by atoms with Crippen LogP contribution in [0.2, 0.25) is 0 Å². The zero-order valence-corrected chi connectivity index (χ0v) is 15.3. The SMILES string of the molecule is O=C([C@@H]1OCCc2ccccc21)N1CC[C@@H](c2nnc(-c3cccnc3)o2)C1. The number of carbonyl (C=O) groups is 1. The van der Waals surface area contributed by atoms with Crippen molar-refractivity contribution in [1.29, 1.82) is 0 Å². The highest BCUT2D eigenvalue weighted by molar-refractivity contribution is 5.83. The maximum atomic E-state index is 13.1. The van der Waals surface area contributed by atoms with Crippen LogP contribution in [0.25, 0.3) is 11.5 Å². The molecule has 7 heteroatoms. The second-order valence-corrected chi connectivity index (χ2v) is 7.16. The number of pyridine rings is 1. The second-order valence-electron chi connectivity index (χ2n) is 7.16. The number of hydrogen-bond acceptors (Lipinski definition) is 6. The summed E-state index contributed by atoms with van der Waals surface area (Å²) in [5.41, 5.74) is 2.97. The number of rotatable bonds is 3. The molecular weight excluding hydrogens is 356 g/mol. The summed E-state index contributed by atoms with van der Waals surface area (Å²) in [5.74, 6) is 1.08. The Morgan fingerprint density at radius 3 is 2.96 bits per heavy atom. The van der Waals surface area contributed by atoms with Gasteiger partial charge in [0.1, 0.15) is 0 Å². The maximum Gasteiger partial charge on any atom is 0.256 e. The van der Waals surface area contributed by atoms with Crippen LogP contribution < -0.4 is 0 Å². The molecule has 4 heterocycles. The van der Waals surface area contributed by atoms with E-state index in [9.17, 15) is 4.79 Å². The molecule has 1 amide bonds. The number of fused-ring (bicyclic) bond motifs is 1. The molecule has 0 saturated carbocycles. The third-order valence-corrected chi connectivity index (χ3v) is 5.42. The summed E-state index contributed by atoms with van der Waals surface area (Å²) in [6, 6.07) is 11.7. The molecule has 142 valence electrons. The Balaban J connectivity index is 1.30. The highest BCUT2D eigenvalue weighted by Gasteiger charge is 2.36. The van der Waals surface area contributed by atoms with Gasteiger partial charge in [0.2, 0.25) is 11.8 Å². The number of amides is 1. The molecule has 7 nitrogen and oxygen atoms in total. The molecule has 1 aromatic carbocycles. The molecule has 0 unspecified atom stereocenters. The molecule has 1 fully saturated rings. The van der Waals surface area contributed by atoms with E-state index in [2.05, 4.69) is 21.2 Å². The van der Waals surface area contributed by atoms with Crippen molar-refractivity contribution in [1.82, 2.24) is 20.1 Å². The molecule has 2 aromatic heterocycles. The van der Waals surface area contributed by atoms with Crippen LogP contribution in [0.3, 0.4) is 0 Å². The lowest BCUT2D eigenvalue weighted by atomic mass is 9.97. The Morgan fingerprint density at radius 1 is 1.14 bits per heavy atom. The standard InChI is InChI=1S/C21H20N4O3/c26-21(18-17-6-2-1-4-14(17)8-11-27-18)25-10-7-16(13-25)20-24-23-19(28-20)15-5-3-9-22-12-15/h1-6,9,12,16,18H,7-8,10-11,13H2/t16-,18-/m1/s1. The van der Waals surface area contributed by atoms with E-state index in [0.717, 1.165) is 24.0 Å². The van der Waals surface area contributed by atoms with Crippen LogP contribution in [0.5, 0.6) is 0 Å². The lowest BCUT2D eigenvalue weighted by Crippen LogP contribution is -2.36. The van der Waals surface area contributed by atoms with Crippen LogP contribution in [0.1, 0.15) is 35.5 Å². The van der Waals surface area contributed by atoms with E-state index in [1.54, 1.807) is 12.4 Å². The van der Waals surface area contributed by atoms with Gasteiger partial charge in [0, 0.05) is 25.5 Å². The van der Waals surface area contributed by atoms with Crippen molar-refractivity contribution >= 4 is 5.91 Å². The summed E-state index contributed by atoms with van der Waals surface area (Å²) < 4.78 is 11.7. The molecule has 2 aliphatic heterocycles. The van der Waals surface area contributed by atoms with Gasteiger partial charge >= 0.3 is 0 Å². The van der Waals surface area contributed by atoms with Crippen LogP contribution in [0, 0.1) is 0 Å². The lowest BCUT2D eigenvalue weighted by Gasteiger charge is -2.28. The summed E-state index contributed by atoms with van der Waals surface area (Å²) in [6.45, 7) is 1.80. The second kappa shape index (κ2) is 7.16. The Hall–Kier alpha value is -3.06. The Kier molecular flexibility index (Phi) is 4.37. The first-order valence-corrected chi connectivity index (χ1v) is 9.51. The topological polar surface area (TPSA) is 81.4 Å². The average molecular weight is 376 g/mol. The molecule has 0 aliphatic carbocycles. The maximum absolute atomic E-state index is 13.1. The third-order valence-electron chi connectivity index (χ3n) is 5.42. The summed E-state index contributed by atoms with van der Waals surface area (Å²) in [5, 5.41) is 8.34. The van der Waals surface area contributed by atoms with Gasteiger partial charge in [0.15, 0.2) is 6.10 Å². The molecule has 0 spiro atoms. The van der Waals surface area contributed by atoms with Gasteiger partial charge in [-0.1, -0.05) is 24.3 Å². The fraction of sp³-hybridized carbons (Fsp3) is 0.333. The molecule has 28 heavy (non-hydrogen) atoms. The Bertz CT molecular complexity index is 988. The van der Waals surface area contributed by atoms with E-state index in [1.165, 1.54) is 5.56 Å². The highest BCUT2D eigenvalue weighted by Crippen LogP contribution is 2.33. The molecule has 0 N–H and O–H groups in total. The first-order chi connectivity index (χ1) is 13.8. The number of ether oxygens (including phenoxy) is 1. The summed E-state index contributed by atoms with van der Waals surface area (Å²) in [4.78, 5) is 19.0. The van der Waals surface area contributed by atoms with Gasteiger partial charge in [-0.25, -0.2) is 0 Å². The fourth-order valence-corrected chi connectivity index (χ4v) is 3.93. The van der Waals surface area contributed by atoms with Crippen molar-refractivity contribution in [2.75, 3.05) is 19.7 Å². The van der Waals surface area contributed by atoms with E-state index in [1.807, 2.05) is 35.2 Å². The lowest BCUT2D eigenvalue weighted by molar-refractivity contribution is -0.144. The Labute approximate surface area is 162 Å². The van der Waals surface area contributed by atoms with Gasteiger partial charge in [-0.2, -0.15) is 0 Å². The van der Waals surface area contributed by atoms with Gasteiger partial charge in [-0.15, -0.1) is 10.2 Å². The smallest absolute Gasteiger partial charge is 0.256 e. The average Bonchev–Trinajstić information content (AvgIpc) is 3.43. The molecule has 2 aliphatic rings. The minimum atomic E-state index is -0.516. The van der Waals surface area contributed by atoms with Crippen LogP contribution >= 0.6 is 0 Å². The van der Waals surface area contributed by atoms with Crippen molar-refractivity contribution in [3.05, 3.63) is 65.8 Å². The number of aromatic nitrogens is 3. The molecule has 1 saturated heterocycles. The van der Waals surface area contributed by atoms with Gasteiger partial charge in [0.25, 0.3) is 5.91 Å². The van der Waals surface area contributed by atoms with Crippen molar-refractivity contribution in [3.63, 3.8) is 0 Å². The molecule has 0 bridgehead atoms. The van der Waals surface area contributed by atoms with Crippen LogP contribution in [-0.4, -0.2) is 45.7 Å². The van der Waals surface area contributed by atoms with Gasteiger partial charge < -0.3 is 14.1 Å². The summed E-state index contributed by atoms with van der Waals surface area (Å²) in [7, 11) is 0. The normalized spacial score (nSPS) is 21.5. The largest absolute Gasteiger partial charge is 0.420 e. The highest BCUT2D eigenvalue weighted by atomic mass is 16.5. The van der Waals surface area contributed by atoms with Crippen LogP contribution in [-0.2, 0) is 16.0 Å². The van der Waals surface area contributed by atoms with E-state index in [0.29, 0.717) is 31.5 Å². The number of carbonyl (C=O) groups excluding carboxylic acids is 1. The van der Waals surface area contributed by atoms with Gasteiger partial charge in [0.05, 0.1) is 18.1 Å². The van der Waals surface area contributed by atoms with Crippen LogP contribution in [0.15, 0.2) is 53.2 Å². The number of hydrogen-bond donors (Lipinski definition) is 0. The van der Waals surface area contributed by atoms with E-state index < -0.39 is 6.10 Å². The minimum Gasteiger partial charge on any atom is -0.420 e. The Morgan fingerprint density at radius 2 is 2.07 bits per heavy atom. The zero-order valence-electron chi connectivity index (χ0n) is 15.3. The predicted octanol–water partition coefficient (Wildman–Crippen LogP) is 2.76. The number of benzene rings is 1. The molecular formula is C21H20N4O3. The predicted molar refractivity (Wildman–Crippen MR) is 100 cm³/mol. The fourth-order valence-electron chi connectivity index (χ4n) is 3.93. The van der Waals surface area contributed by atoms with Crippen molar-refractivity contribution in [3.8, 4) is 11.5 Å². The minimum absolute atomic E-state index is 0.0154. The van der Waals surface area contributed by atoms with Gasteiger partial charge in [-0.3, -0.25) is 9.78 Å².